The third-order valence-corrected chi connectivity index (χ3v) is 8.24. The molecule has 5 heteroatoms. The number of amides is 2. The van der Waals surface area contributed by atoms with E-state index in [2.05, 4.69) is 47.4 Å². The van der Waals surface area contributed by atoms with Gasteiger partial charge in [-0.15, -0.1) is 0 Å². The average Bonchev–Trinajstić information content (AvgIpc) is 3.30. The van der Waals surface area contributed by atoms with Crippen LogP contribution in [-0.4, -0.2) is 23.9 Å². The summed E-state index contributed by atoms with van der Waals surface area (Å²) in [4.78, 5) is 24.3. The van der Waals surface area contributed by atoms with Crippen molar-refractivity contribution in [3.8, 4) is 0 Å². The molecule has 0 radical (unpaired) electrons. The molecule has 5 rings (SSSR count). The normalized spacial score (nSPS) is 30.4. The van der Waals surface area contributed by atoms with E-state index in [-0.39, 0.29) is 17.4 Å². The third kappa shape index (κ3) is 3.91. The highest BCUT2D eigenvalue weighted by molar-refractivity contribution is 7.07. The molecule has 2 fully saturated rings. The lowest BCUT2D eigenvalue weighted by molar-refractivity contribution is -0.122. The molecule has 1 aliphatic heterocycles. The number of fused-ring (bicyclic) bond motifs is 1. The topological polar surface area (TPSA) is 58.2 Å². The molecule has 152 valence electrons. The van der Waals surface area contributed by atoms with Gasteiger partial charge in [-0.25, -0.2) is 0 Å². The van der Waals surface area contributed by atoms with E-state index in [4.69, 9.17) is 0 Å². The van der Waals surface area contributed by atoms with Gasteiger partial charge >= 0.3 is 0 Å². The van der Waals surface area contributed by atoms with Crippen molar-refractivity contribution in [3.05, 3.63) is 34.0 Å². The molecule has 4 nitrogen and oxygen atoms in total. The van der Waals surface area contributed by atoms with Gasteiger partial charge in [-0.3, -0.25) is 9.59 Å². The molecule has 28 heavy (non-hydrogen) atoms. The first-order valence-corrected chi connectivity index (χ1v) is 11.6. The van der Waals surface area contributed by atoms with Gasteiger partial charge < -0.3 is 10.6 Å². The number of carbonyl (C=O) groups excluding carboxylic acids is 2. The van der Waals surface area contributed by atoms with Gasteiger partial charge in [0.05, 0.1) is 0 Å². The molecular formula is C23H32N2O2S. The Kier molecular flexibility index (Phi) is 5.38. The Hall–Kier alpha value is -1.62. The lowest BCUT2D eigenvalue weighted by atomic mass is 9.48. The van der Waals surface area contributed by atoms with Gasteiger partial charge in [0.25, 0.3) is 0 Å². The second-order valence-electron chi connectivity index (χ2n) is 9.56. The molecular weight excluding hydrogens is 368 g/mol. The molecule has 1 unspecified atom stereocenters. The summed E-state index contributed by atoms with van der Waals surface area (Å²) in [6.45, 7) is 5.51. The molecule has 3 aliphatic carbocycles. The van der Waals surface area contributed by atoms with Crippen molar-refractivity contribution >= 4 is 23.2 Å². The van der Waals surface area contributed by atoms with Crippen molar-refractivity contribution in [1.29, 1.82) is 0 Å². The maximum absolute atomic E-state index is 12.4. The zero-order valence-corrected chi connectivity index (χ0v) is 17.9. The summed E-state index contributed by atoms with van der Waals surface area (Å²) in [5.41, 5.74) is 2.98. The van der Waals surface area contributed by atoms with Crippen LogP contribution in [0.3, 0.4) is 0 Å². The number of hydrogen-bond donors (Lipinski definition) is 2. The fraction of sp³-hybridized carbons (Fsp3) is 0.652. The molecule has 1 saturated heterocycles. The molecule has 4 aliphatic rings. The summed E-state index contributed by atoms with van der Waals surface area (Å²) >= 11 is 1.68. The monoisotopic (exact) mass is 400 g/mol. The van der Waals surface area contributed by atoms with Crippen molar-refractivity contribution in [3.63, 3.8) is 0 Å². The Morgan fingerprint density at radius 3 is 2.89 bits per heavy atom. The van der Waals surface area contributed by atoms with Gasteiger partial charge in [0, 0.05) is 24.9 Å². The second kappa shape index (κ2) is 7.66. The molecule has 0 aromatic carbocycles. The molecule has 2 N–H and O–H groups in total. The van der Waals surface area contributed by atoms with Gasteiger partial charge in [-0.2, -0.15) is 11.3 Å². The van der Waals surface area contributed by atoms with Crippen LogP contribution in [0.25, 0.3) is 0 Å². The van der Waals surface area contributed by atoms with Crippen molar-refractivity contribution < 1.29 is 9.59 Å². The highest BCUT2D eigenvalue weighted by Gasteiger charge is 2.50. The van der Waals surface area contributed by atoms with Gasteiger partial charge in [0.15, 0.2) is 0 Å². The van der Waals surface area contributed by atoms with Crippen molar-refractivity contribution in [1.82, 2.24) is 10.6 Å². The van der Waals surface area contributed by atoms with Crippen molar-refractivity contribution in [2.24, 2.45) is 17.3 Å². The number of allylic oxidation sites excluding steroid dienone is 1. The van der Waals surface area contributed by atoms with E-state index >= 15 is 0 Å². The van der Waals surface area contributed by atoms with E-state index in [9.17, 15) is 9.59 Å². The van der Waals surface area contributed by atoms with Gasteiger partial charge in [0.2, 0.25) is 11.8 Å². The first-order chi connectivity index (χ1) is 13.4. The van der Waals surface area contributed by atoms with E-state index < -0.39 is 0 Å². The number of nitrogens with one attached hydrogen (secondary N) is 2. The minimum Gasteiger partial charge on any atom is -0.356 e. The van der Waals surface area contributed by atoms with Crippen LogP contribution in [0.5, 0.6) is 0 Å². The van der Waals surface area contributed by atoms with Crippen molar-refractivity contribution in [2.75, 3.05) is 6.54 Å². The Morgan fingerprint density at radius 1 is 1.39 bits per heavy atom. The molecule has 2 bridgehead atoms. The highest BCUT2D eigenvalue weighted by atomic mass is 32.1. The fourth-order valence-corrected chi connectivity index (χ4v) is 6.18. The lowest BCUT2D eigenvalue weighted by Gasteiger charge is -2.56. The Bertz CT molecular complexity index is 768. The zero-order chi connectivity index (χ0) is 19.8. The average molecular weight is 401 g/mol. The van der Waals surface area contributed by atoms with Crippen LogP contribution in [0.2, 0.25) is 0 Å². The number of rotatable bonds is 8. The Balaban J connectivity index is 1.24. The summed E-state index contributed by atoms with van der Waals surface area (Å²) < 4.78 is 0. The predicted molar refractivity (Wildman–Crippen MR) is 113 cm³/mol. The van der Waals surface area contributed by atoms with E-state index in [0.717, 1.165) is 31.7 Å². The highest BCUT2D eigenvalue weighted by Crippen LogP contribution is 2.59. The minimum absolute atomic E-state index is 0.105. The van der Waals surface area contributed by atoms with Crippen molar-refractivity contribution in [2.45, 2.75) is 70.8 Å². The van der Waals surface area contributed by atoms with E-state index in [0.29, 0.717) is 30.6 Å². The van der Waals surface area contributed by atoms with Crippen LogP contribution >= 0.6 is 11.3 Å². The molecule has 1 aromatic rings. The Labute approximate surface area is 172 Å². The van der Waals surface area contributed by atoms with Crippen LogP contribution in [0.15, 0.2) is 28.5 Å². The number of hydrogen-bond acceptors (Lipinski definition) is 3. The van der Waals surface area contributed by atoms with E-state index in [1.807, 2.05) is 0 Å². The summed E-state index contributed by atoms with van der Waals surface area (Å²) in [6, 6.07) is 2.11. The smallest absolute Gasteiger partial charge is 0.220 e. The third-order valence-electron chi connectivity index (χ3n) is 7.51. The maximum Gasteiger partial charge on any atom is 0.220 e. The lowest BCUT2D eigenvalue weighted by Crippen LogP contribution is -2.48. The first-order valence-electron chi connectivity index (χ1n) is 10.7. The summed E-state index contributed by atoms with van der Waals surface area (Å²) in [6.07, 6.45) is 9.32. The summed E-state index contributed by atoms with van der Waals surface area (Å²) in [5.74, 6) is 1.79. The van der Waals surface area contributed by atoms with Crippen LogP contribution < -0.4 is 10.6 Å². The molecule has 2 amide bonds. The van der Waals surface area contributed by atoms with E-state index in [1.54, 1.807) is 16.9 Å². The molecule has 1 saturated carbocycles. The largest absolute Gasteiger partial charge is 0.356 e. The van der Waals surface area contributed by atoms with Gasteiger partial charge in [-0.05, 0) is 78.2 Å². The SMILES string of the molecule is CC1(C)[C@H]2CC=C(CCNC(=O)CCC3(Cc4ccsc4)CCC(=O)N3)[C@@H]1C2. The van der Waals surface area contributed by atoms with Crippen LogP contribution in [0, 0.1) is 17.3 Å². The van der Waals surface area contributed by atoms with Gasteiger partial charge in [0.1, 0.15) is 0 Å². The minimum atomic E-state index is -0.258. The molecule has 3 atom stereocenters. The quantitative estimate of drug-likeness (QED) is 0.642. The zero-order valence-electron chi connectivity index (χ0n) is 17.1. The second-order valence-corrected chi connectivity index (χ2v) is 10.3. The molecule has 0 spiro atoms. The summed E-state index contributed by atoms with van der Waals surface area (Å²) in [5, 5.41) is 10.5. The number of thiophene rings is 1. The molecule has 2 heterocycles. The van der Waals surface area contributed by atoms with Crippen LogP contribution in [0.1, 0.15) is 64.4 Å². The first kappa shape index (κ1) is 19.7. The van der Waals surface area contributed by atoms with Crippen LogP contribution in [0.4, 0.5) is 0 Å². The molecule has 1 aromatic heterocycles. The Morgan fingerprint density at radius 2 is 2.25 bits per heavy atom. The van der Waals surface area contributed by atoms with E-state index in [1.165, 1.54) is 18.4 Å². The summed E-state index contributed by atoms with van der Waals surface area (Å²) in [7, 11) is 0. The maximum atomic E-state index is 12.4. The predicted octanol–water partition coefficient (Wildman–Crippen LogP) is 4.22. The number of carbonyl (C=O) groups is 2. The van der Waals surface area contributed by atoms with Crippen LogP contribution in [-0.2, 0) is 16.0 Å². The fourth-order valence-electron chi connectivity index (χ4n) is 5.51. The standard InChI is InChI=1S/C23H32N2O2S/c1-22(2)18-4-3-17(19(22)13-18)7-11-24-20(26)5-9-23(10-6-21(27)25-23)14-16-8-12-28-15-16/h3,8,12,15,18-19H,4-7,9-11,13-14H2,1-2H3,(H,24,26)(H,25,27)/t18-,19-,23?/m0/s1. The van der Waals surface area contributed by atoms with Gasteiger partial charge in [-0.1, -0.05) is 25.5 Å².